The van der Waals surface area contributed by atoms with Gasteiger partial charge in [0.05, 0.1) is 15.9 Å². The van der Waals surface area contributed by atoms with E-state index in [0.717, 1.165) is 20.6 Å². The second-order valence-corrected chi connectivity index (χ2v) is 5.83. The van der Waals surface area contributed by atoms with Crippen molar-refractivity contribution in [2.75, 3.05) is 11.9 Å². The van der Waals surface area contributed by atoms with Gasteiger partial charge in [0.1, 0.15) is 5.75 Å². The number of pyridine rings is 1. The maximum atomic E-state index is 11.8. The van der Waals surface area contributed by atoms with Gasteiger partial charge in [-0.15, -0.1) is 0 Å². The highest BCUT2D eigenvalue weighted by Crippen LogP contribution is 2.16. The van der Waals surface area contributed by atoms with E-state index in [2.05, 4.69) is 32.9 Å². The largest absolute Gasteiger partial charge is 0.494 e. The van der Waals surface area contributed by atoms with Crippen molar-refractivity contribution in [1.82, 2.24) is 4.98 Å². The molecule has 1 heterocycles. The van der Waals surface area contributed by atoms with Gasteiger partial charge >= 0.3 is 0 Å². The number of aryl methyl sites for hydroxylation is 1. The summed E-state index contributed by atoms with van der Waals surface area (Å²) in [7, 11) is 0. The standard InChI is InChI=1S/C16H17IN2O2/c1-12-4-2-5-13(10-12)21-9-3-6-16(20)19-15-7-8-18-11-14(15)17/h2,4-5,7-8,10-11H,3,6,9H2,1H3,(H,18,19,20). The predicted octanol–water partition coefficient (Wildman–Crippen LogP) is 3.79. The first kappa shape index (κ1) is 15.8. The highest BCUT2D eigenvalue weighted by molar-refractivity contribution is 14.1. The zero-order chi connectivity index (χ0) is 15.1. The van der Waals surface area contributed by atoms with E-state index in [9.17, 15) is 4.79 Å². The zero-order valence-electron chi connectivity index (χ0n) is 11.8. The highest BCUT2D eigenvalue weighted by atomic mass is 127. The van der Waals surface area contributed by atoms with Crippen molar-refractivity contribution in [2.24, 2.45) is 0 Å². The van der Waals surface area contributed by atoms with Gasteiger partial charge in [-0.05, 0) is 59.7 Å². The number of ether oxygens (including phenoxy) is 1. The van der Waals surface area contributed by atoms with Crippen LogP contribution in [0.5, 0.6) is 5.75 Å². The van der Waals surface area contributed by atoms with Gasteiger partial charge in [-0.25, -0.2) is 0 Å². The Morgan fingerprint density at radius 2 is 2.24 bits per heavy atom. The van der Waals surface area contributed by atoms with Gasteiger partial charge < -0.3 is 10.1 Å². The smallest absolute Gasteiger partial charge is 0.224 e. The third-order valence-corrected chi connectivity index (χ3v) is 3.71. The third-order valence-electron chi connectivity index (χ3n) is 2.85. The Morgan fingerprint density at radius 3 is 3.00 bits per heavy atom. The summed E-state index contributed by atoms with van der Waals surface area (Å²) in [6.45, 7) is 2.56. The molecule has 0 radical (unpaired) electrons. The van der Waals surface area contributed by atoms with E-state index >= 15 is 0 Å². The molecule has 0 aliphatic rings. The lowest BCUT2D eigenvalue weighted by atomic mass is 10.2. The Balaban J connectivity index is 1.71. The maximum Gasteiger partial charge on any atom is 0.224 e. The molecule has 0 unspecified atom stereocenters. The summed E-state index contributed by atoms with van der Waals surface area (Å²) in [5.41, 5.74) is 1.97. The summed E-state index contributed by atoms with van der Waals surface area (Å²) in [5.74, 6) is 0.839. The van der Waals surface area contributed by atoms with Crippen molar-refractivity contribution < 1.29 is 9.53 Å². The van der Waals surface area contributed by atoms with Crippen LogP contribution in [0.4, 0.5) is 5.69 Å². The van der Waals surface area contributed by atoms with Crippen LogP contribution in [0.1, 0.15) is 18.4 Å². The summed E-state index contributed by atoms with van der Waals surface area (Å²) >= 11 is 2.15. The Kier molecular flexibility index (Phi) is 5.98. The number of nitrogens with one attached hydrogen (secondary N) is 1. The monoisotopic (exact) mass is 396 g/mol. The number of rotatable bonds is 6. The minimum Gasteiger partial charge on any atom is -0.494 e. The summed E-state index contributed by atoms with van der Waals surface area (Å²) in [6.07, 6.45) is 4.50. The molecule has 0 spiro atoms. The number of amides is 1. The van der Waals surface area contributed by atoms with Gasteiger partial charge in [0.2, 0.25) is 5.91 Å². The van der Waals surface area contributed by atoms with E-state index in [0.29, 0.717) is 19.4 Å². The molecule has 0 aliphatic heterocycles. The quantitative estimate of drug-likeness (QED) is 0.597. The van der Waals surface area contributed by atoms with Crippen molar-refractivity contribution in [3.63, 3.8) is 0 Å². The predicted molar refractivity (Wildman–Crippen MR) is 91.5 cm³/mol. The molecule has 1 N–H and O–H groups in total. The fourth-order valence-electron chi connectivity index (χ4n) is 1.82. The van der Waals surface area contributed by atoms with Crippen molar-refractivity contribution in [3.05, 3.63) is 51.9 Å². The molecular formula is C16H17IN2O2. The SMILES string of the molecule is Cc1cccc(OCCCC(=O)Nc2ccncc2I)c1. The van der Waals surface area contributed by atoms with Crippen molar-refractivity contribution in [2.45, 2.75) is 19.8 Å². The van der Waals surface area contributed by atoms with Crippen LogP contribution < -0.4 is 10.1 Å². The summed E-state index contributed by atoms with van der Waals surface area (Å²) in [4.78, 5) is 15.8. The Hall–Kier alpha value is -1.63. The van der Waals surface area contributed by atoms with Crippen LogP contribution in [0.15, 0.2) is 42.7 Å². The van der Waals surface area contributed by atoms with Gasteiger partial charge in [0.25, 0.3) is 0 Å². The molecule has 0 fully saturated rings. The molecule has 0 saturated heterocycles. The van der Waals surface area contributed by atoms with E-state index in [4.69, 9.17) is 4.74 Å². The van der Waals surface area contributed by atoms with Crippen molar-refractivity contribution in [1.29, 1.82) is 0 Å². The van der Waals surface area contributed by atoms with Gasteiger partial charge in [-0.2, -0.15) is 0 Å². The van der Waals surface area contributed by atoms with Crippen LogP contribution in [0.2, 0.25) is 0 Å². The number of hydrogen-bond acceptors (Lipinski definition) is 3. The van der Waals surface area contributed by atoms with Gasteiger partial charge in [-0.1, -0.05) is 12.1 Å². The number of carbonyl (C=O) groups is 1. The van der Waals surface area contributed by atoms with E-state index in [1.807, 2.05) is 31.2 Å². The average molecular weight is 396 g/mol. The van der Waals surface area contributed by atoms with Crippen LogP contribution in [0.3, 0.4) is 0 Å². The first-order valence-corrected chi connectivity index (χ1v) is 7.82. The topological polar surface area (TPSA) is 51.2 Å². The molecule has 21 heavy (non-hydrogen) atoms. The average Bonchev–Trinajstić information content (AvgIpc) is 2.46. The minimum absolute atomic E-state index is 0.00745. The molecule has 5 heteroatoms. The second kappa shape index (κ2) is 7.97. The Morgan fingerprint density at radius 1 is 1.38 bits per heavy atom. The lowest BCUT2D eigenvalue weighted by molar-refractivity contribution is -0.116. The lowest BCUT2D eigenvalue weighted by Gasteiger charge is -2.08. The molecule has 1 amide bonds. The summed E-state index contributed by atoms with van der Waals surface area (Å²) in [6, 6.07) is 9.69. The van der Waals surface area contributed by atoms with Crippen LogP contribution >= 0.6 is 22.6 Å². The molecule has 2 rings (SSSR count). The first-order chi connectivity index (χ1) is 10.1. The number of benzene rings is 1. The fourth-order valence-corrected chi connectivity index (χ4v) is 2.29. The first-order valence-electron chi connectivity index (χ1n) is 6.74. The Labute approximate surface area is 138 Å². The van der Waals surface area contributed by atoms with E-state index in [-0.39, 0.29) is 5.91 Å². The van der Waals surface area contributed by atoms with Crippen LogP contribution in [0.25, 0.3) is 0 Å². The molecule has 1 aromatic heterocycles. The molecule has 0 atom stereocenters. The zero-order valence-corrected chi connectivity index (χ0v) is 14.0. The molecule has 0 bridgehead atoms. The van der Waals surface area contributed by atoms with Gasteiger partial charge in [0, 0.05) is 18.8 Å². The third kappa shape index (κ3) is 5.34. The van der Waals surface area contributed by atoms with Crippen molar-refractivity contribution in [3.8, 4) is 5.75 Å². The maximum absolute atomic E-state index is 11.8. The molecular weight excluding hydrogens is 379 g/mol. The molecule has 4 nitrogen and oxygen atoms in total. The number of hydrogen-bond donors (Lipinski definition) is 1. The molecule has 2 aromatic rings. The van der Waals surface area contributed by atoms with Gasteiger partial charge in [0.15, 0.2) is 0 Å². The molecule has 0 aliphatic carbocycles. The summed E-state index contributed by atoms with van der Waals surface area (Å²) < 4.78 is 6.55. The number of halogens is 1. The second-order valence-electron chi connectivity index (χ2n) is 4.67. The number of nitrogens with zero attached hydrogens (tertiary/aromatic N) is 1. The van der Waals surface area contributed by atoms with E-state index < -0.39 is 0 Å². The van der Waals surface area contributed by atoms with Crippen LogP contribution in [-0.2, 0) is 4.79 Å². The Bertz CT molecular complexity index is 617. The molecule has 110 valence electrons. The van der Waals surface area contributed by atoms with Crippen molar-refractivity contribution >= 4 is 34.2 Å². The number of anilines is 1. The summed E-state index contributed by atoms with van der Waals surface area (Å²) in [5, 5.41) is 2.88. The van der Waals surface area contributed by atoms with Crippen LogP contribution in [-0.4, -0.2) is 17.5 Å². The number of aromatic nitrogens is 1. The van der Waals surface area contributed by atoms with E-state index in [1.54, 1.807) is 18.5 Å². The van der Waals surface area contributed by atoms with E-state index in [1.165, 1.54) is 0 Å². The minimum atomic E-state index is -0.00745. The van der Waals surface area contributed by atoms with Gasteiger partial charge in [-0.3, -0.25) is 9.78 Å². The normalized spacial score (nSPS) is 10.2. The lowest BCUT2D eigenvalue weighted by Crippen LogP contribution is -2.13. The molecule has 0 saturated carbocycles. The highest BCUT2D eigenvalue weighted by Gasteiger charge is 2.05. The number of carbonyl (C=O) groups excluding carboxylic acids is 1. The fraction of sp³-hybridized carbons (Fsp3) is 0.250. The van der Waals surface area contributed by atoms with Crippen LogP contribution in [0, 0.1) is 10.5 Å². The molecule has 1 aromatic carbocycles.